The number of nitrogens with zero attached hydrogens (tertiary/aromatic N) is 3. The van der Waals surface area contributed by atoms with Crippen molar-refractivity contribution in [2.45, 2.75) is 37.5 Å². The van der Waals surface area contributed by atoms with Crippen molar-refractivity contribution in [2.75, 3.05) is 17.7 Å². The van der Waals surface area contributed by atoms with E-state index in [1.165, 1.54) is 0 Å². The van der Waals surface area contributed by atoms with Crippen LogP contribution in [0.25, 0.3) is 11.0 Å². The summed E-state index contributed by atoms with van der Waals surface area (Å²) in [7, 11) is -0.549. The van der Waals surface area contributed by atoms with Gasteiger partial charge in [0.05, 0.1) is 11.1 Å². The zero-order chi connectivity index (χ0) is 20.4. The van der Waals surface area contributed by atoms with E-state index in [4.69, 9.17) is 16.4 Å². The molecule has 1 fully saturated rings. The van der Waals surface area contributed by atoms with Crippen LogP contribution in [0.3, 0.4) is 0 Å². The number of halogens is 1. The number of aromatic amines is 1. The van der Waals surface area contributed by atoms with Gasteiger partial charge in [0.25, 0.3) is 0 Å². The molecule has 2 N–H and O–H groups in total. The van der Waals surface area contributed by atoms with Crippen LogP contribution in [0.2, 0.25) is 5.02 Å². The number of fused-ring (bicyclic) bond motifs is 1. The minimum Gasteiger partial charge on any atom is -0.356 e. The van der Waals surface area contributed by atoms with E-state index in [2.05, 4.69) is 26.9 Å². The van der Waals surface area contributed by atoms with Crippen molar-refractivity contribution in [1.29, 1.82) is 4.78 Å². The maximum Gasteiger partial charge on any atom is 0.142 e. The molecule has 8 heteroatoms. The molecule has 0 bridgehead atoms. The Morgan fingerprint density at radius 2 is 1.90 bits per heavy atom. The highest BCUT2D eigenvalue weighted by Crippen LogP contribution is 2.32. The van der Waals surface area contributed by atoms with E-state index >= 15 is 0 Å². The highest BCUT2D eigenvalue weighted by Gasteiger charge is 2.27. The van der Waals surface area contributed by atoms with Crippen LogP contribution < -0.4 is 4.90 Å². The van der Waals surface area contributed by atoms with Gasteiger partial charge in [0.2, 0.25) is 0 Å². The Labute approximate surface area is 176 Å². The van der Waals surface area contributed by atoms with E-state index in [1.54, 1.807) is 18.5 Å². The van der Waals surface area contributed by atoms with E-state index in [0.29, 0.717) is 28.5 Å². The SMILES string of the molecule is CN(c1ncnc2[nH]ccc12)[C@H]1CC[C@@H](C[S@@](=N)(=O)Cc2ccc(Cl)cc2)CC1. The van der Waals surface area contributed by atoms with Crippen LogP contribution >= 0.6 is 11.6 Å². The predicted octanol–water partition coefficient (Wildman–Crippen LogP) is 4.85. The van der Waals surface area contributed by atoms with Crippen molar-refractivity contribution in [3.8, 4) is 0 Å². The molecule has 0 aliphatic heterocycles. The number of benzene rings is 1. The Bertz CT molecular complexity index is 1070. The molecule has 0 unspecified atom stereocenters. The van der Waals surface area contributed by atoms with Gasteiger partial charge in [0, 0.05) is 39.8 Å². The Morgan fingerprint density at radius 1 is 1.17 bits per heavy atom. The fraction of sp³-hybridized carbons (Fsp3) is 0.429. The second-order valence-corrected chi connectivity index (χ2v) is 10.7. The molecule has 29 heavy (non-hydrogen) atoms. The van der Waals surface area contributed by atoms with E-state index in [1.807, 2.05) is 24.4 Å². The lowest BCUT2D eigenvalue weighted by molar-refractivity contribution is 0.342. The fourth-order valence-electron chi connectivity index (χ4n) is 4.30. The normalized spacial score (nSPS) is 21.7. The van der Waals surface area contributed by atoms with Gasteiger partial charge in [-0.25, -0.2) is 14.2 Å². The van der Waals surface area contributed by atoms with Crippen molar-refractivity contribution in [3.63, 3.8) is 0 Å². The third kappa shape index (κ3) is 4.73. The molecule has 2 aromatic heterocycles. The summed E-state index contributed by atoms with van der Waals surface area (Å²) >= 11 is 5.92. The van der Waals surface area contributed by atoms with Crippen molar-refractivity contribution in [1.82, 2.24) is 15.0 Å². The van der Waals surface area contributed by atoms with Crippen molar-refractivity contribution >= 4 is 38.2 Å². The number of nitrogens with one attached hydrogen (secondary N) is 2. The lowest BCUT2D eigenvalue weighted by Crippen LogP contribution is -2.37. The van der Waals surface area contributed by atoms with Crippen LogP contribution in [0.5, 0.6) is 0 Å². The molecule has 2 heterocycles. The third-order valence-corrected chi connectivity index (χ3v) is 7.91. The molecule has 3 aromatic rings. The second kappa shape index (κ2) is 8.32. The van der Waals surface area contributed by atoms with E-state index < -0.39 is 9.73 Å². The van der Waals surface area contributed by atoms with Gasteiger partial charge in [0.15, 0.2) is 0 Å². The second-order valence-electron chi connectivity index (χ2n) is 7.97. The molecule has 0 spiro atoms. The van der Waals surface area contributed by atoms with Gasteiger partial charge in [-0.1, -0.05) is 23.7 Å². The van der Waals surface area contributed by atoms with Crippen molar-refractivity contribution in [3.05, 3.63) is 53.4 Å². The number of hydrogen-bond donors (Lipinski definition) is 2. The van der Waals surface area contributed by atoms with Gasteiger partial charge in [-0.05, 0) is 55.4 Å². The molecule has 154 valence electrons. The number of hydrogen-bond acceptors (Lipinski definition) is 5. The van der Waals surface area contributed by atoms with Crippen LogP contribution in [0.1, 0.15) is 31.2 Å². The molecule has 1 aromatic carbocycles. The topological polar surface area (TPSA) is 85.7 Å². The maximum absolute atomic E-state index is 12.9. The monoisotopic (exact) mass is 431 g/mol. The van der Waals surface area contributed by atoms with E-state index in [9.17, 15) is 4.21 Å². The zero-order valence-electron chi connectivity index (χ0n) is 16.5. The molecular weight excluding hydrogens is 406 g/mol. The summed E-state index contributed by atoms with van der Waals surface area (Å²) in [5.74, 6) is 2.07. The van der Waals surface area contributed by atoms with E-state index in [0.717, 1.165) is 48.1 Å². The molecule has 1 saturated carbocycles. The first-order valence-corrected chi connectivity index (χ1v) is 12.2. The standard InChI is InChI=1S/C21H26ClN5OS/c1-27(21-19-10-11-24-20(19)25-14-26-21)18-8-4-16(5-9-18)13-29(23,28)12-15-2-6-17(22)7-3-15/h2-3,6-7,10-11,14,16,18,23H,4-5,8-9,12-13H2,1H3,(H,24,25,26)/t16-,18+,29-/m0/s1. The van der Waals surface area contributed by atoms with Gasteiger partial charge in [-0.2, -0.15) is 0 Å². The van der Waals surface area contributed by atoms with Gasteiger partial charge >= 0.3 is 0 Å². The summed E-state index contributed by atoms with van der Waals surface area (Å²) in [6, 6.07) is 9.73. The van der Waals surface area contributed by atoms with Crippen LogP contribution in [0.15, 0.2) is 42.9 Å². The highest BCUT2D eigenvalue weighted by atomic mass is 35.5. The quantitative estimate of drug-likeness (QED) is 0.583. The summed E-state index contributed by atoms with van der Waals surface area (Å²) in [5, 5.41) is 1.70. The average Bonchev–Trinajstić information content (AvgIpc) is 3.18. The largest absolute Gasteiger partial charge is 0.356 e. The average molecular weight is 432 g/mol. The summed E-state index contributed by atoms with van der Waals surface area (Å²) in [4.78, 5) is 14.1. The Morgan fingerprint density at radius 3 is 2.62 bits per heavy atom. The van der Waals surface area contributed by atoms with Gasteiger partial charge in [-0.15, -0.1) is 0 Å². The van der Waals surface area contributed by atoms with Crippen LogP contribution in [-0.4, -0.2) is 38.0 Å². The van der Waals surface area contributed by atoms with Crippen LogP contribution in [0, 0.1) is 10.7 Å². The lowest BCUT2D eigenvalue weighted by Gasteiger charge is -2.35. The predicted molar refractivity (Wildman–Crippen MR) is 119 cm³/mol. The fourth-order valence-corrected chi connectivity index (χ4v) is 6.37. The molecule has 0 saturated heterocycles. The van der Waals surface area contributed by atoms with Crippen molar-refractivity contribution in [2.24, 2.45) is 5.92 Å². The Balaban J connectivity index is 1.35. The lowest BCUT2D eigenvalue weighted by atomic mass is 9.86. The summed E-state index contributed by atoms with van der Waals surface area (Å²) in [6.07, 6.45) is 7.52. The van der Waals surface area contributed by atoms with E-state index in [-0.39, 0.29) is 0 Å². The maximum atomic E-state index is 12.9. The van der Waals surface area contributed by atoms with Gasteiger partial charge in [0.1, 0.15) is 17.8 Å². The summed E-state index contributed by atoms with van der Waals surface area (Å²) in [6.45, 7) is 0. The Kier molecular flexibility index (Phi) is 5.79. The van der Waals surface area contributed by atoms with Crippen LogP contribution in [-0.2, 0) is 15.5 Å². The molecule has 1 atom stereocenters. The van der Waals surface area contributed by atoms with Gasteiger partial charge in [-0.3, -0.25) is 4.78 Å². The molecule has 1 aliphatic carbocycles. The van der Waals surface area contributed by atoms with Crippen molar-refractivity contribution < 1.29 is 4.21 Å². The first kappa shape index (κ1) is 20.2. The third-order valence-electron chi connectivity index (χ3n) is 5.85. The first-order valence-electron chi connectivity index (χ1n) is 9.91. The molecule has 0 radical (unpaired) electrons. The molecular formula is C21H26ClN5OS. The minimum atomic E-state index is -2.64. The number of aromatic nitrogens is 3. The molecule has 6 nitrogen and oxygen atoms in total. The Hall–Kier alpha value is -2.12. The molecule has 1 aliphatic rings. The minimum absolute atomic E-state index is 0.302. The summed E-state index contributed by atoms with van der Waals surface area (Å²) in [5.41, 5.74) is 1.77. The highest BCUT2D eigenvalue weighted by molar-refractivity contribution is 7.91. The number of H-pyrrole nitrogens is 1. The number of rotatable bonds is 6. The molecule has 0 amide bonds. The number of anilines is 1. The first-order chi connectivity index (χ1) is 13.9. The molecule has 4 rings (SSSR count). The zero-order valence-corrected chi connectivity index (χ0v) is 18.0. The van der Waals surface area contributed by atoms with Gasteiger partial charge < -0.3 is 9.88 Å². The van der Waals surface area contributed by atoms with Crippen LogP contribution in [0.4, 0.5) is 5.82 Å². The summed E-state index contributed by atoms with van der Waals surface area (Å²) < 4.78 is 21.2. The smallest absolute Gasteiger partial charge is 0.142 e.